The zero-order valence-corrected chi connectivity index (χ0v) is 14.3. The minimum absolute atomic E-state index is 0.0415. The maximum absolute atomic E-state index is 13.9. The largest absolute Gasteiger partial charge is 0.478 e. The van der Waals surface area contributed by atoms with Crippen LogP contribution in [0.4, 0.5) is 22.0 Å². The van der Waals surface area contributed by atoms with Gasteiger partial charge in [0.1, 0.15) is 0 Å². The van der Waals surface area contributed by atoms with E-state index in [1.807, 2.05) is 0 Å². The van der Waals surface area contributed by atoms with Crippen LogP contribution in [-0.2, 0) is 22.2 Å². The van der Waals surface area contributed by atoms with Crippen molar-refractivity contribution in [1.82, 2.24) is 0 Å². The molecule has 1 aromatic carbocycles. The fourth-order valence-corrected chi connectivity index (χ4v) is 4.40. The normalized spacial score (nSPS) is 13.1. The monoisotopic (exact) mass is 388 g/mol. The van der Waals surface area contributed by atoms with Crippen molar-refractivity contribution in [2.75, 3.05) is 5.75 Å². The Morgan fingerprint density at radius 3 is 2.08 bits per heavy atom. The van der Waals surface area contributed by atoms with Crippen LogP contribution in [0.2, 0.25) is 0 Å². The molecule has 0 aromatic heterocycles. The van der Waals surface area contributed by atoms with Gasteiger partial charge in [0.2, 0.25) is 0 Å². The number of hydrogen-bond donors (Lipinski definition) is 1. The first-order valence-corrected chi connectivity index (χ1v) is 9.03. The second-order valence-electron chi connectivity index (χ2n) is 5.37. The molecule has 0 unspecified atom stereocenters. The Morgan fingerprint density at radius 2 is 1.68 bits per heavy atom. The molecule has 25 heavy (non-hydrogen) atoms. The summed E-state index contributed by atoms with van der Waals surface area (Å²) >= 11 is 0. The Kier molecular flexibility index (Phi) is 6.20. The van der Waals surface area contributed by atoms with Gasteiger partial charge in [-0.15, -0.1) is 0 Å². The standard InChI is InChI=1S/C15H17F5O4S/c1-3-5-8-25(23,24)12-9(4-2)10(13(21)22)6-7-11(12)14(16,17)15(18,19)20/h6-7H,3-5,8H2,1-2H3,(H,21,22). The van der Waals surface area contributed by atoms with E-state index in [1.54, 1.807) is 6.92 Å². The van der Waals surface area contributed by atoms with Crippen LogP contribution in [0.1, 0.15) is 48.2 Å². The lowest BCUT2D eigenvalue weighted by atomic mass is 9.98. The molecule has 0 heterocycles. The molecule has 0 aliphatic heterocycles. The lowest BCUT2D eigenvalue weighted by Gasteiger charge is -2.24. The zero-order chi connectivity index (χ0) is 19.6. The highest BCUT2D eigenvalue weighted by molar-refractivity contribution is 7.91. The number of hydrogen-bond acceptors (Lipinski definition) is 3. The van der Waals surface area contributed by atoms with E-state index in [0.29, 0.717) is 12.5 Å². The van der Waals surface area contributed by atoms with Crippen molar-refractivity contribution < 1.29 is 40.3 Å². The number of sulfone groups is 1. The van der Waals surface area contributed by atoms with Gasteiger partial charge in [-0.05, 0) is 24.5 Å². The lowest BCUT2D eigenvalue weighted by molar-refractivity contribution is -0.290. The van der Waals surface area contributed by atoms with Crippen molar-refractivity contribution in [3.05, 3.63) is 28.8 Å². The molecular weight excluding hydrogens is 371 g/mol. The summed E-state index contributed by atoms with van der Waals surface area (Å²) in [6.07, 6.45) is -5.94. The Morgan fingerprint density at radius 1 is 1.12 bits per heavy atom. The number of rotatable bonds is 7. The summed E-state index contributed by atoms with van der Waals surface area (Å²) in [7, 11) is -4.54. The number of carbonyl (C=O) groups is 1. The Bertz CT molecular complexity index is 754. The topological polar surface area (TPSA) is 71.4 Å². The van der Waals surface area contributed by atoms with Gasteiger partial charge in [-0.3, -0.25) is 0 Å². The molecule has 0 aliphatic carbocycles. The number of benzene rings is 1. The van der Waals surface area contributed by atoms with Gasteiger partial charge < -0.3 is 5.11 Å². The van der Waals surface area contributed by atoms with Crippen LogP contribution in [0.5, 0.6) is 0 Å². The van der Waals surface area contributed by atoms with Gasteiger partial charge in [-0.1, -0.05) is 26.3 Å². The minimum atomic E-state index is -6.02. The van der Waals surface area contributed by atoms with Crippen LogP contribution in [0, 0.1) is 0 Å². The molecule has 0 saturated heterocycles. The van der Waals surface area contributed by atoms with Crippen molar-refractivity contribution in [3.8, 4) is 0 Å². The third-order valence-electron chi connectivity index (χ3n) is 3.62. The predicted molar refractivity (Wildman–Crippen MR) is 79.7 cm³/mol. The first-order chi connectivity index (χ1) is 11.3. The Labute approximate surface area is 141 Å². The highest BCUT2D eigenvalue weighted by Crippen LogP contribution is 2.47. The molecular formula is C15H17F5O4S. The first kappa shape index (κ1) is 21.3. The van der Waals surface area contributed by atoms with Crippen LogP contribution in [0.15, 0.2) is 17.0 Å². The van der Waals surface area contributed by atoms with E-state index in [-0.39, 0.29) is 18.9 Å². The molecule has 0 amide bonds. The van der Waals surface area contributed by atoms with E-state index in [4.69, 9.17) is 5.11 Å². The van der Waals surface area contributed by atoms with E-state index < -0.39 is 55.2 Å². The summed E-state index contributed by atoms with van der Waals surface area (Å²) < 4.78 is 91.0. The number of halogens is 5. The van der Waals surface area contributed by atoms with Crippen molar-refractivity contribution in [2.45, 2.75) is 50.1 Å². The second-order valence-corrected chi connectivity index (χ2v) is 7.42. The van der Waals surface area contributed by atoms with E-state index in [1.165, 1.54) is 6.92 Å². The molecule has 0 saturated carbocycles. The SMILES string of the molecule is CCCCS(=O)(=O)c1c(C(F)(F)C(F)(F)F)ccc(C(=O)O)c1CC. The summed E-state index contributed by atoms with van der Waals surface area (Å²) in [6.45, 7) is 2.91. The third kappa shape index (κ3) is 4.10. The van der Waals surface area contributed by atoms with Crippen molar-refractivity contribution in [1.29, 1.82) is 0 Å². The molecule has 1 aromatic rings. The summed E-state index contributed by atoms with van der Waals surface area (Å²) in [6, 6.07) is 0.809. The first-order valence-electron chi connectivity index (χ1n) is 7.38. The van der Waals surface area contributed by atoms with Gasteiger partial charge in [-0.2, -0.15) is 22.0 Å². The average molecular weight is 388 g/mol. The third-order valence-corrected chi connectivity index (χ3v) is 5.53. The Hall–Kier alpha value is -1.71. The summed E-state index contributed by atoms with van der Waals surface area (Å²) in [5, 5.41) is 9.11. The van der Waals surface area contributed by atoms with Crippen LogP contribution in [0.3, 0.4) is 0 Å². The van der Waals surface area contributed by atoms with Gasteiger partial charge in [0.25, 0.3) is 0 Å². The van der Waals surface area contributed by atoms with E-state index in [2.05, 4.69) is 0 Å². The highest BCUT2D eigenvalue weighted by Gasteiger charge is 2.60. The predicted octanol–water partition coefficient (Wildman–Crippen LogP) is 4.18. The number of carboxylic acid groups (broad SMARTS) is 1. The smallest absolute Gasteiger partial charge is 0.458 e. The van der Waals surface area contributed by atoms with Crippen molar-refractivity contribution in [2.24, 2.45) is 0 Å². The highest BCUT2D eigenvalue weighted by atomic mass is 32.2. The van der Waals surface area contributed by atoms with Crippen LogP contribution in [-0.4, -0.2) is 31.4 Å². The molecule has 1 rings (SSSR count). The lowest BCUT2D eigenvalue weighted by Crippen LogP contribution is -2.36. The zero-order valence-electron chi connectivity index (χ0n) is 13.5. The molecule has 0 atom stereocenters. The number of carboxylic acids is 1. The summed E-state index contributed by atoms with van der Waals surface area (Å²) in [5.74, 6) is -7.69. The summed E-state index contributed by atoms with van der Waals surface area (Å²) in [5.41, 5.74) is -2.90. The van der Waals surface area contributed by atoms with Crippen LogP contribution >= 0.6 is 0 Å². The quantitative estimate of drug-likeness (QED) is 0.712. The molecule has 4 nitrogen and oxygen atoms in total. The van der Waals surface area contributed by atoms with Crippen molar-refractivity contribution >= 4 is 15.8 Å². The van der Waals surface area contributed by atoms with E-state index in [0.717, 1.165) is 0 Å². The Balaban J connectivity index is 3.90. The molecule has 0 aliphatic rings. The molecule has 0 spiro atoms. The molecule has 0 radical (unpaired) electrons. The number of unbranched alkanes of at least 4 members (excludes halogenated alkanes) is 1. The van der Waals surface area contributed by atoms with Gasteiger partial charge in [-0.25, -0.2) is 13.2 Å². The van der Waals surface area contributed by atoms with Gasteiger partial charge in [0.05, 0.1) is 16.2 Å². The van der Waals surface area contributed by atoms with Gasteiger partial charge in [0.15, 0.2) is 9.84 Å². The number of aromatic carboxylic acids is 1. The fourth-order valence-electron chi connectivity index (χ4n) is 2.37. The minimum Gasteiger partial charge on any atom is -0.478 e. The van der Waals surface area contributed by atoms with Gasteiger partial charge in [0, 0.05) is 5.56 Å². The summed E-state index contributed by atoms with van der Waals surface area (Å²) in [4.78, 5) is 10.00. The molecule has 10 heteroatoms. The molecule has 0 bridgehead atoms. The van der Waals surface area contributed by atoms with Crippen molar-refractivity contribution in [3.63, 3.8) is 0 Å². The maximum atomic E-state index is 13.9. The molecule has 0 fully saturated rings. The fraction of sp³-hybridized carbons (Fsp3) is 0.533. The van der Waals surface area contributed by atoms with E-state index in [9.17, 15) is 35.2 Å². The average Bonchev–Trinajstić information content (AvgIpc) is 2.50. The van der Waals surface area contributed by atoms with Crippen LogP contribution in [0.25, 0.3) is 0 Å². The second kappa shape index (κ2) is 7.27. The number of alkyl halides is 5. The van der Waals surface area contributed by atoms with Gasteiger partial charge >= 0.3 is 18.1 Å². The maximum Gasteiger partial charge on any atom is 0.458 e. The molecule has 142 valence electrons. The van der Waals surface area contributed by atoms with Crippen LogP contribution < -0.4 is 0 Å². The molecule has 1 N–H and O–H groups in total. The van der Waals surface area contributed by atoms with E-state index >= 15 is 0 Å².